The average molecular weight is 270 g/mol. The molecule has 0 saturated carbocycles. The van der Waals surface area contributed by atoms with Crippen LogP contribution < -0.4 is 5.73 Å². The summed E-state index contributed by atoms with van der Waals surface area (Å²) in [4.78, 5) is 9.62. The van der Waals surface area contributed by atoms with Gasteiger partial charge in [0.15, 0.2) is 0 Å². The van der Waals surface area contributed by atoms with Crippen LogP contribution in [0.1, 0.15) is 18.9 Å². The first-order valence-electron chi connectivity index (χ1n) is 5.13. The molecule has 2 aromatic rings. The zero-order chi connectivity index (χ0) is 14.2. The molecule has 0 bridgehead atoms. The van der Waals surface area contributed by atoms with Crippen LogP contribution in [0.25, 0.3) is 11.5 Å². The van der Waals surface area contributed by atoms with Crippen molar-refractivity contribution in [2.45, 2.75) is 13.0 Å². The SMILES string of the molecule is CC(N)c1nnc(-c2c(F)ccc([N+](=O)[O-])c2F)o1. The quantitative estimate of drug-likeness (QED) is 0.674. The lowest BCUT2D eigenvalue weighted by molar-refractivity contribution is -0.387. The monoisotopic (exact) mass is 270 g/mol. The molecule has 0 radical (unpaired) electrons. The number of nitro benzene ring substituents is 1. The number of nitro groups is 1. The first-order chi connectivity index (χ1) is 8.91. The van der Waals surface area contributed by atoms with Crippen LogP contribution in [0.5, 0.6) is 0 Å². The fourth-order valence-corrected chi connectivity index (χ4v) is 1.40. The third-order valence-electron chi connectivity index (χ3n) is 2.31. The maximum atomic E-state index is 13.8. The number of rotatable bonds is 3. The highest BCUT2D eigenvalue weighted by molar-refractivity contribution is 5.59. The Balaban J connectivity index is 2.60. The number of nitrogens with zero attached hydrogens (tertiary/aromatic N) is 3. The van der Waals surface area contributed by atoms with E-state index < -0.39 is 39.7 Å². The molecule has 9 heteroatoms. The van der Waals surface area contributed by atoms with Crippen molar-refractivity contribution in [3.63, 3.8) is 0 Å². The third-order valence-corrected chi connectivity index (χ3v) is 2.31. The molecule has 1 atom stereocenters. The van der Waals surface area contributed by atoms with Gasteiger partial charge in [-0.15, -0.1) is 10.2 Å². The minimum absolute atomic E-state index is 0.0275. The maximum absolute atomic E-state index is 13.8. The first-order valence-corrected chi connectivity index (χ1v) is 5.13. The fraction of sp³-hybridized carbons (Fsp3) is 0.200. The number of benzene rings is 1. The third kappa shape index (κ3) is 2.27. The molecule has 0 spiro atoms. The summed E-state index contributed by atoms with van der Waals surface area (Å²) in [5.74, 6) is -2.93. The summed E-state index contributed by atoms with van der Waals surface area (Å²) >= 11 is 0. The van der Waals surface area contributed by atoms with E-state index in [0.717, 1.165) is 12.1 Å². The lowest BCUT2D eigenvalue weighted by Gasteiger charge is -2.01. The fourth-order valence-electron chi connectivity index (χ4n) is 1.40. The molecule has 1 aromatic heterocycles. The zero-order valence-corrected chi connectivity index (χ0v) is 9.63. The summed E-state index contributed by atoms with van der Waals surface area (Å²) in [5, 5.41) is 17.5. The van der Waals surface area contributed by atoms with Crippen LogP contribution in [0.3, 0.4) is 0 Å². The Morgan fingerprint density at radius 3 is 2.63 bits per heavy atom. The van der Waals surface area contributed by atoms with Crippen LogP contribution in [0, 0.1) is 21.7 Å². The van der Waals surface area contributed by atoms with E-state index in [-0.39, 0.29) is 5.89 Å². The van der Waals surface area contributed by atoms with Gasteiger partial charge in [-0.05, 0) is 13.0 Å². The zero-order valence-electron chi connectivity index (χ0n) is 9.63. The standard InChI is InChI=1S/C10H8F2N4O3/c1-4(13)9-14-15-10(19-9)7-5(11)2-3-6(8(7)12)16(17)18/h2-4H,13H2,1H3. The van der Waals surface area contributed by atoms with Gasteiger partial charge in [0.25, 0.3) is 5.89 Å². The minimum atomic E-state index is -1.37. The van der Waals surface area contributed by atoms with E-state index in [1.165, 1.54) is 6.92 Å². The van der Waals surface area contributed by atoms with Gasteiger partial charge in [-0.2, -0.15) is 4.39 Å². The first kappa shape index (κ1) is 13.0. The van der Waals surface area contributed by atoms with Gasteiger partial charge in [-0.25, -0.2) is 4.39 Å². The molecule has 1 unspecified atom stereocenters. The molecule has 0 aliphatic rings. The Labute approximate surface area is 105 Å². The molecule has 1 heterocycles. The molecule has 1 aromatic carbocycles. The van der Waals surface area contributed by atoms with Gasteiger partial charge in [0.1, 0.15) is 11.4 Å². The van der Waals surface area contributed by atoms with E-state index >= 15 is 0 Å². The molecule has 100 valence electrons. The second-order valence-electron chi connectivity index (χ2n) is 3.75. The van der Waals surface area contributed by atoms with Crippen molar-refractivity contribution < 1.29 is 18.1 Å². The van der Waals surface area contributed by atoms with Gasteiger partial charge in [-0.3, -0.25) is 10.1 Å². The molecule has 2 rings (SSSR count). The van der Waals surface area contributed by atoms with Gasteiger partial charge in [0, 0.05) is 6.07 Å². The summed E-state index contributed by atoms with van der Waals surface area (Å²) in [5.41, 5.74) is 3.85. The van der Waals surface area contributed by atoms with E-state index in [2.05, 4.69) is 10.2 Å². The van der Waals surface area contributed by atoms with E-state index in [1.54, 1.807) is 0 Å². The number of hydrogen-bond donors (Lipinski definition) is 1. The Morgan fingerprint density at radius 1 is 1.42 bits per heavy atom. The van der Waals surface area contributed by atoms with Gasteiger partial charge in [0.2, 0.25) is 11.7 Å². The van der Waals surface area contributed by atoms with Crippen molar-refractivity contribution in [1.29, 1.82) is 0 Å². The highest BCUT2D eigenvalue weighted by atomic mass is 19.1. The van der Waals surface area contributed by atoms with Crippen molar-refractivity contribution in [3.05, 3.63) is 39.8 Å². The number of halogens is 2. The van der Waals surface area contributed by atoms with Crippen molar-refractivity contribution >= 4 is 5.69 Å². The summed E-state index contributed by atoms with van der Waals surface area (Å²) < 4.78 is 32.4. The van der Waals surface area contributed by atoms with Crippen molar-refractivity contribution in [1.82, 2.24) is 10.2 Å². The van der Waals surface area contributed by atoms with Crippen LogP contribution in [-0.2, 0) is 0 Å². The summed E-state index contributed by atoms with van der Waals surface area (Å²) in [7, 11) is 0. The van der Waals surface area contributed by atoms with E-state index in [1.807, 2.05) is 0 Å². The van der Waals surface area contributed by atoms with Crippen LogP contribution in [0.2, 0.25) is 0 Å². The molecular formula is C10H8F2N4O3. The average Bonchev–Trinajstić information content (AvgIpc) is 2.78. The highest BCUT2D eigenvalue weighted by Crippen LogP contribution is 2.31. The van der Waals surface area contributed by atoms with Crippen molar-refractivity contribution in [2.24, 2.45) is 5.73 Å². The molecule has 0 amide bonds. The predicted molar refractivity (Wildman–Crippen MR) is 58.9 cm³/mol. The molecule has 0 fully saturated rings. The lowest BCUT2D eigenvalue weighted by atomic mass is 10.1. The Hall–Kier alpha value is -2.42. The van der Waals surface area contributed by atoms with Gasteiger partial charge < -0.3 is 10.2 Å². The second kappa shape index (κ2) is 4.69. The summed E-state index contributed by atoms with van der Waals surface area (Å²) in [6.45, 7) is 1.54. The number of aromatic nitrogens is 2. The lowest BCUT2D eigenvalue weighted by Crippen LogP contribution is -2.04. The molecule has 7 nitrogen and oxygen atoms in total. The number of hydrogen-bond acceptors (Lipinski definition) is 6. The van der Waals surface area contributed by atoms with Crippen LogP contribution in [0.4, 0.5) is 14.5 Å². The molecule has 19 heavy (non-hydrogen) atoms. The molecule has 0 aliphatic heterocycles. The smallest absolute Gasteiger partial charge is 0.305 e. The van der Waals surface area contributed by atoms with Gasteiger partial charge in [0.05, 0.1) is 11.0 Å². The van der Waals surface area contributed by atoms with Crippen molar-refractivity contribution in [2.75, 3.05) is 0 Å². The van der Waals surface area contributed by atoms with Crippen LogP contribution in [0.15, 0.2) is 16.5 Å². The van der Waals surface area contributed by atoms with Crippen molar-refractivity contribution in [3.8, 4) is 11.5 Å². The van der Waals surface area contributed by atoms with Crippen LogP contribution in [-0.4, -0.2) is 15.1 Å². The Kier molecular flexibility index (Phi) is 3.21. The van der Waals surface area contributed by atoms with Crippen LogP contribution >= 0.6 is 0 Å². The molecule has 0 saturated heterocycles. The number of nitrogens with two attached hydrogens (primary N) is 1. The maximum Gasteiger partial charge on any atom is 0.305 e. The normalized spacial score (nSPS) is 12.4. The summed E-state index contributed by atoms with van der Waals surface area (Å²) in [6.07, 6.45) is 0. The largest absolute Gasteiger partial charge is 0.419 e. The highest BCUT2D eigenvalue weighted by Gasteiger charge is 2.26. The van der Waals surface area contributed by atoms with E-state index in [4.69, 9.17) is 10.2 Å². The molecule has 0 aliphatic carbocycles. The predicted octanol–water partition coefficient (Wildman–Crippen LogP) is 1.94. The van der Waals surface area contributed by atoms with E-state index in [0.29, 0.717) is 0 Å². The molecular weight excluding hydrogens is 262 g/mol. The van der Waals surface area contributed by atoms with Gasteiger partial charge in [-0.1, -0.05) is 0 Å². The topological polar surface area (TPSA) is 108 Å². The Morgan fingerprint density at radius 2 is 2.11 bits per heavy atom. The second-order valence-corrected chi connectivity index (χ2v) is 3.75. The summed E-state index contributed by atoms with van der Waals surface area (Å²) in [6, 6.07) is 0.856. The minimum Gasteiger partial charge on any atom is -0.419 e. The van der Waals surface area contributed by atoms with Gasteiger partial charge >= 0.3 is 5.69 Å². The Bertz CT molecular complexity index is 642. The molecule has 2 N–H and O–H groups in total. The van der Waals surface area contributed by atoms with E-state index in [9.17, 15) is 18.9 Å².